The van der Waals surface area contributed by atoms with Crippen molar-refractivity contribution in [3.63, 3.8) is 0 Å². The van der Waals surface area contributed by atoms with E-state index in [1.165, 1.54) is 6.26 Å². The smallest absolute Gasteiger partial charge is 0.289 e. The second kappa shape index (κ2) is 6.00. The minimum atomic E-state index is -0.0906. The molecule has 0 N–H and O–H groups in total. The van der Waals surface area contributed by atoms with Crippen LogP contribution in [0.5, 0.6) is 0 Å². The number of carbonyl (C=O) groups excluding carboxylic acids is 1. The molecule has 0 aromatic carbocycles. The molecule has 7 heteroatoms. The van der Waals surface area contributed by atoms with Crippen molar-refractivity contribution in [1.82, 2.24) is 14.9 Å². The van der Waals surface area contributed by atoms with Gasteiger partial charge in [0.15, 0.2) is 5.76 Å². The summed E-state index contributed by atoms with van der Waals surface area (Å²) in [6.07, 6.45) is 4.18. The number of aromatic nitrogens is 2. The molecule has 2 aliphatic heterocycles. The van der Waals surface area contributed by atoms with E-state index in [0.29, 0.717) is 32.1 Å². The number of hydrogen-bond donors (Lipinski definition) is 0. The molecule has 1 amide bonds. The molecule has 23 heavy (non-hydrogen) atoms. The van der Waals surface area contributed by atoms with E-state index in [2.05, 4.69) is 14.9 Å². The van der Waals surface area contributed by atoms with E-state index in [4.69, 9.17) is 9.15 Å². The fourth-order valence-corrected chi connectivity index (χ4v) is 2.94. The first-order valence-corrected chi connectivity index (χ1v) is 7.81. The Morgan fingerprint density at radius 3 is 2.87 bits per heavy atom. The fraction of sp³-hybridized carbons (Fsp3) is 0.438. The van der Waals surface area contributed by atoms with Gasteiger partial charge in [-0.15, -0.1) is 0 Å². The maximum absolute atomic E-state index is 12.4. The number of furan rings is 1. The lowest BCUT2D eigenvalue weighted by Gasteiger charge is -2.30. The quantitative estimate of drug-likeness (QED) is 0.827. The van der Waals surface area contributed by atoms with Crippen molar-refractivity contribution < 1.29 is 13.9 Å². The molecule has 2 aromatic rings. The van der Waals surface area contributed by atoms with Crippen molar-refractivity contribution in [2.24, 2.45) is 0 Å². The fourth-order valence-electron chi connectivity index (χ4n) is 2.94. The summed E-state index contributed by atoms with van der Waals surface area (Å²) in [4.78, 5) is 25.5. The summed E-state index contributed by atoms with van der Waals surface area (Å²) >= 11 is 0. The van der Waals surface area contributed by atoms with Crippen molar-refractivity contribution in [3.05, 3.63) is 41.6 Å². The molecule has 120 valence electrons. The van der Waals surface area contributed by atoms with Gasteiger partial charge in [-0.05, 0) is 24.1 Å². The molecule has 0 bridgehead atoms. The van der Waals surface area contributed by atoms with Crippen LogP contribution in [-0.4, -0.2) is 53.6 Å². The summed E-state index contributed by atoms with van der Waals surface area (Å²) in [5.41, 5.74) is 2.04. The number of anilines is 1. The van der Waals surface area contributed by atoms with E-state index in [1.54, 1.807) is 17.0 Å². The van der Waals surface area contributed by atoms with Crippen molar-refractivity contribution in [2.45, 2.75) is 13.0 Å². The molecule has 0 saturated carbocycles. The van der Waals surface area contributed by atoms with Gasteiger partial charge < -0.3 is 19.0 Å². The van der Waals surface area contributed by atoms with Crippen molar-refractivity contribution >= 4 is 11.9 Å². The maximum atomic E-state index is 12.4. The first-order chi connectivity index (χ1) is 11.3. The average molecular weight is 314 g/mol. The molecule has 0 radical (unpaired) electrons. The molecule has 0 spiro atoms. The average Bonchev–Trinajstić information content (AvgIpc) is 3.15. The van der Waals surface area contributed by atoms with Crippen molar-refractivity contribution in [2.75, 3.05) is 37.7 Å². The molecule has 0 unspecified atom stereocenters. The Labute approximate surface area is 133 Å². The molecular formula is C16H18N4O3. The van der Waals surface area contributed by atoms with Crippen LogP contribution in [0.15, 0.2) is 29.0 Å². The summed E-state index contributed by atoms with van der Waals surface area (Å²) in [5.74, 6) is 1.00. The van der Waals surface area contributed by atoms with Gasteiger partial charge in [0.05, 0.1) is 31.7 Å². The van der Waals surface area contributed by atoms with Crippen molar-refractivity contribution in [3.8, 4) is 0 Å². The molecular weight excluding hydrogens is 296 g/mol. The Morgan fingerprint density at radius 1 is 1.22 bits per heavy atom. The van der Waals surface area contributed by atoms with Crippen LogP contribution in [0.3, 0.4) is 0 Å². The van der Waals surface area contributed by atoms with Gasteiger partial charge in [0.2, 0.25) is 5.95 Å². The van der Waals surface area contributed by atoms with Crippen LogP contribution in [0.25, 0.3) is 0 Å². The van der Waals surface area contributed by atoms with E-state index < -0.39 is 0 Å². The van der Waals surface area contributed by atoms with Gasteiger partial charge in [-0.1, -0.05) is 0 Å². The highest BCUT2D eigenvalue weighted by molar-refractivity contribution is 5.91. The minimum Gasteiger partial charge on any atom is -0.459 e. The summed E-state index contributed by atoms with van der Waals surface area (Å²) < 4.78 is 10.6. The van der Waals surface area contributed by atoms with Crippen LogP contribution in [0.2, 0.25) is 0 Å². The number of ether oxygens (including phenoxy) is 1. The van der Waals surface area contributed by atoms with Crippen LogP contribution < -0.4 is 4.90 Å². The monoisotopic (exact) mass is 314 g/mol. The number of fused-ring (bicyclic) bond motifs is 1. The standard InChI is InChI=1S/C16H18N4O3/c21-15(14-2-1-7-23-14)20-4-3-12-10-17-16(18-13(12)11-20)19-5-8-22-9-6-19/h1-2,7,10H,3-6,8-9,11H2. The number of rotatable bonds is 2. The number of morpholine rings is 1. The minimum absolute atomic E-state index is 0.0906. The van der Waals surface area contributed by atoms with Gasteiger partial charge >= 0.3 is 0 Å². The number of hydrogen-bond acceptors (Lipinski definition) is 6. The molecule has 0 aliphatic carbocycles. The maximum Gasteiger partial charge on any atom is 0.289 e. The number of nitrogens with zero attached hydrogens (tertiary/aromatic N) is 4. The van der Waals surface area contributed by atoms with Crippen molar-refractivity contribution in [1.29, 1.82) is 0 Å². The largest absolute Gasteiger partial charge is 0.459 e. The molecule has 1 saturated heterocycles. The van der Waals surface area contributed by atoms with Crippen LogP contribution in [0.1, 0.15) is 21.8 Å². The van der Waals surface area contributed by atoms with Gasteiger partial charge in [0.1, 0.15) is 0 Å². The van der Waals surface area contributed by atoms with Gasteiger partial charge in [0.25, 0.3) is 5.91 Å². The van der Waals surface area contributed by atoms with Crippen LogP contribution in [-0.2, 0) is 17.7 Å². The zero-order chi connectivity index (χ0) is 15.6. The zero-order valence-corrected chi connectivity index (χ0v) is 12.8. The Morgan fingerprint density at radius 2 is 2.09 bits per heavy atom. The molecule has 4 rings (SSSR count). The zero-order valence-electron chi connectivity index (χ0n) is 12.8. The predicted molar refractivity (Wildman–Crippen MR) is 82.2 cm³/mol. The Hall–Kier alpha value is -2.41. The summed E-state index contributed by atoms with van der Waals surface area (Å²) in [6.45, 7) is 4.15. The number of carbonyl (C=O) groups is 1. The van der Waals surface area contributed by atoms with Crippen LogP contribution in [0.4, 0.5) is 5.95 Å². The third-order valence-corrected chi connectivity index (χ3v) is 4.25. The van der Waals surface area contributed by atoms with E-state index in [9.17, 15) is 4.79 Å². The Balaban J connectivity index is 1.54. The van der Waals surface area contributed by atoms with Crippen LogP contribution in [0, 0.1) is 0 Å². The lowest BCUT2D eigenvalue weighted by Crippen LogP contribution is -2.39. The molecule has 1 fully saturated rings. The summed E-state index contributed by atoms with van der Waals surface area (Å²) in [7, 11) is 0. The van der Waals surface area contributed by atoms with E-state index in [-0.39, 0.29) is 5.91 Å². The van der Waals surface area contributed by atoms with E-state index in [1.807, 2.05) is 6.20 Å². The first kappa shape index (κ1) is 14.2. The lowest BCUT2D eigenvalue weighted by molar-refractivity contribution is 0.0699. The van der Waals surface area contributed by atoms with Gasteiger partial charge in [-0.3, -0.25) is 4.79 Å². The van der Waals surface area contributed by atoms with E-state index in [0.717, 1.165) is 36.7 Å². The lowest BCUT2D eigenvalue weighted by atomic mass is 10.1. The van der Waals surface area contributed by atoms with Gasteiger partial charge in [-0.25, -0.2) is 9.97 Å². The highest BCUT2D eigenvalue weighted by Gasteiger charge is 2.25. The first-order valence-electron chi connectivity index (χ1n) is 7.81. The molecule has 4 heterocycles. The predicted octanol–water partition coefficient (Wildman–Crippen LogP) is 1.10. The molecule has 2 aliphatic rings. The topological polar surface area (TPSA) is 71.7 Å². The molecule has 7 nitrogen and oxygen atoms in total. The third kappa shape index (κ3) is 2.79. The molecule has 2 aromatic heterocycles. The van der Waals surface area contributed by atoms with Gasteiger partial charge in [-0.2, -0.15) is 0 Å². The second-order valence-corrected chi connectivity index (χ2v) is 5.70. The normalized spacial score (nSPS) is 17.9. The Bertz CT molecular complexity index is 695. The highest BCUT2D eigenvalue weighted by atomic mass is 16.5. The Kier molecular flexibility index (Phi) is 3.70. The third-order valence-electron chi connectivity index (χ3n) is 4.25. The summed E-state index contributed by atoms with van der Waals surface area (Å²) in [6, 6.07) is 3.42. The number of amides is 1. The molecule has 0 atom stereocenters. The summed E-state index contributed by atoms with van der Waals surface area (Å²) in [5, 5.41) is 0. The van der Waals surface area contributed by atoms with E-state index >= 15 is 0 Å². The van der Waals surface area contributed by atoms with Crippen LogP contribution >= 0.6 is 0 Å². The second-order valence-electron chi connectivity index (χ2n) is 5.70. The highest BCUT2D eigenvalue weighted by Crippen LogP contribution is 2.21. The van der Waals surface area contributed by atoms with Gasteiger partial charge in [0, 0.05) is 25.8 Å². The SMILES string of the molecule is O=C(c1ccco1)N1CCc2cnc(N3CCOCC3)nc2C1.